The molecule has 0 spiro atoms. The molecule has 0 saturated carbocycles. The van der Waals surface area contributed by atoms with Crippen LogP contribution < -0.4 is 10.2 Å². The minimum absolute atomic E-state index is 0.278. The van der Waals surface area contributed by atoms with Crippen molar-refractivity contribution >= 4 is 23.3 Å². The Hall–Kier alpha value is -3.67. The molecule has 144 valence electrons. The van der Waals surface area contributed by atoms with Gasteiger partial charge in [0.25, 0.3) is 0 Å². The average Bonchev–Trinajstić information content (AvgIpc) is 3.30. The first-order valence-corrected chi connectivity index (χ1v) is 9.69. The van der Waals surface area contributed by atoms with Crippen molar-refractivity contribution in [2.75, 3.05) is 10.2 Å². The fraction of sp³-hybridized carbons (Fsp3) is 0.174. The Morgan fingerprint density at radius 3 is 2.55 bits per heavy atom. The molecule has 1 unspecified atom stereocenters. The van der Waals surface area contributed by atoms with E-state index in [2.05, 4.69) is 58.7 Å². The van der Waals surface area contributed by atoms with Gasteiger partial charge in [0.1, 0.15) is 11.6 Å². The Morgan fingerprint density at radius 2 is 1.76 bits per heavy atom. The Labute approximate surface area is 169 Å². The highest BCUT2D eigenvalue weighted by Gasteiger charge is 2.29. The third-order valence-corrected chi connectivity index (χ3v) is 5.09. The monoisotopic (exact) mass is 383 g/mol. The van der Waals surface area contributed by atoms with Crippen molar-refractivity contribution in [3.8, 4) is 11.3 Å². The lowest BCUT2D eigenvalue weighted by Gasteiger charge is -2.23. The fourth-order valence-electron chi connectivity index (χ4n) is 3.79. The number of anilines is 4. The van der Waals surface area contributed by atoms with Crippen LogP contribution in [0.4, 0.5) is 23.3 Å². The zero-order valence-corrected chi connectivity index (χ0v) is 16.3. The topological polar surface area (TPSA) is 67.1 Å². The van der Waals surface area contributed by atoms with Gasteiger partial charge in [-0.3, -0.25) is 0 Å². The summed E-state index contributed by atoms with van der Waals surface area (Å²) in [5.74, 6) is 2.72. The van der Waals surface area contributed by atoms with E-state index in [1.165, 1.54) is 5.56 Å². The summed E-state index contributed by atoms with van der Waals surface area (Å²) in [5.41, 5.74) is 4.37. The van der Waals surface area contributed by atoms with Crippen LogP contribution in [0.15, 0.2) is 71.3 Å². The summed E-state index contributed by atoms with van der Waals surface area (Å²) in [5, 5.41) is 7.29. The molecule has 1 aliphatic rings. The second kappa shape index (κ2) is 7.05. The lowest BCUT2D eigenvalue weighted by Crippen LogP contribution is -2.26. The van der Waals surface area contributed by atoms with E-state index >= 15 is 0 Å². The predicted octanol–water partition coefficient (Wildman–Crippen LogP) is 5.27. The van der Waals surface area contributed by atoms with Crippen molar-refractivity contribution in [1.29, 1.82) is 0 Å². The first-order valence-electron chi connectivity index (χ1n) is 9.69. The Bertz CT molecular complexity index is 1150. The number of hydrogen-bond acceptors (Lipinski definition) is 6. The van der Waals surface area contributed by atoms with Crippen LogP contribution in [0, 0.1) is 6.92 Å². The van der Waals surface area contributed by atoms with Gasteiger partial charge in [0, 0.05) is 29.4 Å². The smallest absolute Gasteiger partial charge is 0.232 e. The van der Waals surface area contributed by atoms with Gasteiger partial charge in [-0.25, -0.2) is 4.98 Å². The maximum absolute atomic E-state index is 5.18. The van der Waals surface area contributed by atoms with Gasteiger partial charge in [-0.2, -0.15) is 4.98 Å². The molecule has 0 aliphatic carbocycles. The van der Waals surface area contributed by atoms with Gasteiger partial charge >= 0.3 is 0 Å². The number of nitrogens with one attached hydrogen (secondary N) is 1. The van der Waals surface area contributed by atoms with Crippen molar-refractivity contribution < 1.29 is 4.52 Å². The first kappa shape index (κ1) is 17.4. The lowest BCUT2D eigenvalue weighted by atomic mass is 10.1. The second-order valence-electron chi connectivity index (χ2n) is 7.30. The van der Waals surface area contributed by atoms with Crippen LogP contribution >= 0.6 is 0 Å². The molecule has 1 aliphatic heterocycles. The standard InChI is InChI=1S/C23H21N5O/c1-15-12-18-10-6-7-11-20(18)28(15)23-24-19(17-8-4-3-5-9-17)14-21(26-23)25-22-13-16(2)29-27-22/h3-11,13-15H,12H2,1-2H3,(H,24,25,26,27). The Morgan fingerprint density at radius 1 is 0.966 bits per heavy atom. The third kappa shape index (κ3) is 3.33. The summed E-state index contributed by atoms with van der Waals surface area (Å²) in [4.78, 5) is 11.9. The molecule has 6 heteroatoms. The van der Waals surface area contributed by atoms with Gasteiger partial charge in [-0.15, -0.1) is 0 Å². The van der Waals surface area contributed by atoms with Crippen LogP contribution in [0.2, 0.25) is 0 Å². The van der Waals surface area contributed by atoms with Crippen LogP contribution in [0.1, 0.15) is 18.2 Å². The molecule has 1 N–H and O–H groups in total. The second-order valence-corrected chi connectivity index (χ2v) is 7.30. The SMILES string of the molecule is Cc1cc(Nc2cc(-c3ccccc3)nc(N3c4ccccc4CC3C)n2)no1. The zero-order chi connectivity index (χ0) is 19.8. The highest BCUT2D eigenvalue weighted by molar-refractivity contribution is 5.72. The number of para-hydroxylation sites is 1. The summed E-state index contributed by atoms with van der Waals surface area (Å²) in [7, 11) is 0. The number of nitrogens with zero attached hydrogens (tertiary/aromatic N) is 4. The average molecular weight is 383 g/mol. The summed E-state index contributed by atoms with van der Waals surface area (Å²) >= 11 is 0. The third-order valence-electron chi connectivity index (χ3n) is 5.09. The minimum atomic E-state index is 0.278. The summed E-state index contributed by atoms with van der Waals surface area (Å²) in [6.07, 6.45) is 0.973. The molecule has 29 heavy (non-hydrogen) atoms. The summed E-state index contributed by atoms with van der Waals surface area (Å²) < 4.78 is 5.18. The van der Waals surface area contributed by atoms with Gasteiger partial charge < -0.3 is 14.7 Å². The van der Waals surface area contributed by atoms with Gasteiger partial charge in [0.05, 0.1) is 5.69 Å². The highest BCUT2D eigenvalue weighted by atomic mass is 16.5. The molecule has 0 saturated heterocycles. The Kier molecular flexibility index (Phi) is 4.24. The molecule has 3 heterocycles. The van der Waals surface area contributed by atoms with Crippen molar-refractivity contribution in [2.45, 2.75) is 26.3 Å². The van der Waals surface area contributed by atoms with Crippen LogP contribution in [0.5, 0.6) is 0 Å². The minimum Gasteiger partial charge on any atom is -0.360 e. The molecule has 2 aromatic heterocycles. The molecule has 6 nitrogen and oxygen atoms in total. The molecule has 5 rings (SSSR count). The number of fused-ring (bicyclic) bond motifs is 1. The molecule has 0 amide bonds. The number of aryl methyl sites for hydroxylation is 1. The lowest BCUT2D eigenvalue weighted by molar-refractivity contribution is 0.400. The number of benzene rings is 2. The zero-order valence-electron chi connectivity index (χ0n) is 16.3. The van der Waals surface area contributed by atoms with Gasteiger partial charge in [-0.1, -0.05) is 53.7 Å². The van der Waals surface area contributed by atoms with Crippen molar-refractivity contribution in [3.05, 3.63) is 78.1 Å². The molecular formula is C23H21N5O. The van der Waals surface area contributed by atoms with Crippen LogP contribution in [-0.4, -0.2) is 21.2 Å². The fourth-order valence-corrected chi connectivity index (χ4v) is 3.79. The van der Waals surface area contributed by atoms with Crippen molar-refractivity contribution in [3.63, 3.8) is 0 Å². The van der Waals surface area contributed by atoms with Gasteiger partial charge in [0.2, 0.25) is 5.95 Å². The molecule has 0 radical (unpaired) electrons. The molecule has 0 bridgehead atoms. The summed E-state index contributed by atoms with van der Waals surface area (Å²) in [6, 6.07) is 22.6. The number of aromatic nitrogens is 3. The van der Waals surface area contributed by atoms with Crippen LogP contribution in [0.25, 0.3) is 11.3 Å². The number of hydrogen-bond donors (Lipinski definition) is 1. The Balaban J connectivity index is 1.62. The maximum Gasteiger partial charge on any atom is 0.232 e. The largest absolute Gasteiger partial charge is 0.360 e. The quantitative estimate of drug-likeness (QED) is 0.518. The first-order chi connectivity index (χ1) is 14.2. The highest BCUT2D eigenvalue weighted by Crippen LogP contribution is 2.37. The van der Waals surface area contributed by atoms with Gasteiger partial charge in [0.15, 0.2) is 5.82 Å². The maximum atomic E-state index is 5.18. The molecule has 2 aromatic carbocycles. The summed E-state index contributed by atoms with van der Waals surface area (Å²) in [6.45, 7) is 4.06. The predicted molar refractivity (Wildman–Crippen MR) is 114 cm³/mol. The van der Waals surface area contributed by atoms with Crippen molar-refractivity contribution in [1.82, 2.24) is 15.1 Å². The molecule has 1 atom stereocenters. The van der Waals surface area contributed by atoms with E-state index in [4.69, 9.17) is 14.5 Å². The van der Waals surface area contributed by atoms with Gasteiger partial charge in [-0.05, 0) is 31.9 Å². The molecule has 4 aromatic rings. The van der Waals surface area contributed by atoms with Crippen molar-refractivity contribution in [2.24, 2.45) is 0 Å². The van der Waals surface area contributed by atoms with E-state index in [-0.39, 0.29) is 6.04 Å². The van der Waals surface area contributed by atoms with Crippen LogP contribution in [0.3, 0.4) is 0 Å². The van der Waals surface area contributed by atoms with E-state index in [1.54, 1.807) is 0 Å². The van der Waals surface area contributed by atoms with Crippen LogP contribution in [-0.2, 0) is 6.42 Å². The van der Waals surface area contributed by atoms with E-state index < -0.39 is 0 Å². The number of rotatable bonds is 4. The van der Waals surface area contributed by atoms with E-state index in [1.807, 2.05) is 37.3 Å². The van der Waals surface area contributed by atoms with E-state index in [0.717, 1.165) is 29.1 Å². The molecule has 0 fully saturated rings. The molecular weight excluding hydrogens is 362 g/mol. The normalized spacial score (nSPS) is 15.4. The van der Waals surface area contributed by atoms with E-state index in [9.17, 15) is 0 Å². The van der Waals surface area contributed by atoms with E-state index in [0.29, 0.717) is 17.6 Å².